The molecule has 2 aromatic rings. The van der Waals surface area contributed by atoms with Crippen LogP contribution < -0.4 is 4.90 Å². The molecule has 0 radical (unpaired) electrons. The molecule has 0 amide bonds. The summed E-state index contributed by atoms with van der Waals surface area (Å²) in [6.45, 7) is 6.39. The lowest BCUT2D eigenvalue weighted by Gasteiger charge is -2.34. The van der Waals surface area contributed by atoms with Gasteiger partial charge in [0.15, 0.2) is 0 Å². The van der Waals surface area contributed by atoms with E-state index in [1.807, 2.05) is 6.92 Å². The van der Waals surface area contributed by atoms with Gasteiger partial charge in [0.05, 0.1) is 12.2 Å². The minimum Gasteiger partial charge on any atom is -0.359 e. The van der Waals surface area contributed by atoms with E-state index in [0.717, 1.165) is 54.8 Å². The molecule has 1 aliphatic rings. The highest BCUT2D eigenvalue weighted by Gasteiger charge is 2.22. The van der Waals surface area contributed by atoms with Crippen LogP contribution in [0.15, 0.2) is 6.33 Å². The van der Waals surface area contributed by atoms with Crippen molar-refractivity contribution in [3.05, 3.63) is 23.4 Å². The average molecular weight is 289 g/mol. The molecule has 3 rings (SSSR count). The molecule has 0 atom stereocenters. The highest BCUT2D eigenvalue weighted by molar-refractivity contribution is 7.10. The first-order valence-electron chi connectivity index (χ1n) is 6.46. The largest absolute Gasteiger partial charge is 0.359 e. The van der Waals surface area contributed by atoms with Crippen LogP contribution in [0.4, 0.5) is 5.00 Å². The van der Waals surface area contributed by atoms with Crippen LogP contribution in [0.5, 0.6) is 0 Å². The van der Waals surface area contributed by atoms with Crippen molar-refractivity contribution in [1.29, 1.82) is 5.26 Å². The van der Waals surface area contributed by atoms with E-state index in [1.165, 1.54) is 17.9 Å². The van der Waals surface area contributed by atoms with Gasteiger partial charge in [0.25, 0.3) is 0 Å². The third kappa shape index (κ3) is 2.50. The Balaban J connectivity index is 1.62. The molecule has 0 unspecified atom stereocenters. The van der Waals surface area contributed by atoms with Gasteiger partial charge >= 0.3 is 0 Å². The second-order valence-electron chi connectivity index (χ2n) is 4.76. The lowest BCUT2D eigenvalue weighted by molar-refractivity contribution is 0.244. The molecule has 0 bridgehead atoms. The average Bonchev–Trinajstić information content (AvgIpc) is 3.09. The molecule has 0 spiro atoms. The standard InChI is InChI=1S/C12H15N7S/c1-9-10(6-13)12(20-17-9)19-4-2-18(3-5-19)7-11-14-8-15-16-11/h8H,2-5,7H2,1H3,(H,14,15,16). The number of aryl methyl sites for hydroxylation is 1. The van der Waals surface area contributed by atoms with Crippen molar-refractivity contribution in [2.45, 2.75) is 13.5 Å². The number of hydrogen-bond acceptors (Lipinski definition) is 7. The lowest BCUT2D eigenvalue weighted by Crippen LogP contribution is -2.46. The van der Waals surface area contributed by atoms with Crippen molar-refractivity contribution in [2.24, 2.45) is 0 Å². The van der Waals surface area contributed by atoms with Gasteiger partial charge in [-0.2, -0.15) is 14.7 Å². The Hall–Kier alpha value is -1.98. The molecule has 104 valence electrons. The van der Waals surface area contributed by atoms with Crippen LogP contribution in [0.2, 0.25) is 0 Å². The van der Waals surface area contributed by atoms with E-state index >= 15 is 0 Å². The molecule has 7 nitrogen and oxygen atoms in total. The van der Waals surface area contributed by atoms with Crippen LogP contribution >= 0.6 is 11.5 Å². The molecule has 1 N–H and O–H groups in total. The zero-order valence-electron chi connectivity index (χ0n) is 11.2. The van der Waals surface area contributed by atoms with Gasteiger partial charge in [-0.05, 0) is 18.5 Å². The smallest absolute Gasteiger partial charge is 0.138 e. The first-order chi connectivity index (χ1) is 9.78. The fourth-order valence-corrected chi connectivity index (χ4v) is 3.23. The first-order valence-corrected chi connectivity index (χ1v) is 7.23. The van der Waals surface area contributed by atoms with Crippen molar-refractivity contribution >= 4 is 16.5 Å². The first kappa shape index (κ1) is 13.0. The topological polar surface area (TPSA) is 84.7 Å². The van der Waals surface area contributed by atoms with Gasteiger partial charge < -0.3 is 4.90 Å². The summed E-state index contributed by atoms with van der Waals surface area (Å²) in [5.41, 5.74) is 1.55. The number of aromatic nitrogens is 4. The molecule has 1 aliphatic heterocycles. The van der Waals surface area contributed by atoms with Gasteiger partial charge in [0, 0.05) is 26.2 Å². The molecular weight excluding hydrogens is 274 g/mol. The zero-order valence-corrected chi connectivity index (χ0v) is 12.0. The molecule has 8 heteroatoms. The van der Waals surface area contributed by atoms with Crippen molar-refractivity contribution in [3.63, 3.8) is 0 Å². The normalized spacial score (nSPS) is 16.3. The number of nitriles is 1. The van der Waals surface area contributed by atoms with Crippen molar-refractivity contribution in [2.75, 3.05) is 31.1 Å². The summed E-state index contributed by atoms with van der Waals surface area (Å²) in [6.07, 6.45) is 1.53. The van der Waals surface area contributed by atoms with E-state index in [1.54, 1.807) is 0 Å². The van der Waals surface area contributed by atoms with Crippen molar-refractivity contribution in [1.82, 2.24) is 24.5 Å². The van der Waals surface area contributed by atoms with Crippen LogP contribution in [0, 0.1) is 18.3 Å². The van der Waals surface area contributed by atoms with Crippen molar-refractivity contribution < 1.29 is 0 Å². The number of nitrogens with one attached hydrogen (secondary N) is 1. The molecule has 1 fully saturated rings. The number of H-pyrrole nitrogens is 1. The van der Waals surface area contributed by atoms with Crippen LogP contribution in [0.1, 0.15) is 17.1 Å². The van der Waals surface area contributed by atoms with Gasteiger partial charge in [0.2, 0.25) is 0 Å². The van der Waals surface area contributed by atoms with Gasteiger partial charge in [0.1, 0.15) is 28.8 Å². The minimum absolute atomic E-state index is 0.721. The highest BCUT2D eigenvalue weighted by atomic mass is 32.1. The summed E-state index contributed by atoms with van der Waals surface area (Å²) in [4.78, 5) is 8.73. The number of anilines is 1. The van der Waals surface area contributed by atoms with Gasteiger partial charge in [-0.15, -0.1) is 0 Å². The van der Waals surface area contributed by atoms with Crippen LogP contribution in [-0.2, 0) is 6.54 Å². The van der Waals surface area contributed by atoms with E-state index in [-0.39, 0.29) is 0 Å². The van der Waals surface area contributed by atoms with E-state index in [0.29, 0.717) is 0 Å². The van der Waals surface area contributed by atoms with Gasteiger partial charge in [-0.3, -0.25) is 10.00 Å². The second-order valence-corrected chi connectivity index (χ2v) is 5.51. The third-order valence-corrected chi connectivity index (χ3v) is 4.45. The molecule has 20 heavy (non-hydrogen) atoms. The number of piperazine rings is 1. The summed E-state index contributed by atoms with van der Waals surface area (Å²) in [7, 11) is 0. The Labute approximate surface area is 121 Å². The summed E-state index contributed by atoms with van der Waals surface area (Å²) in [5, 5.41) is 16.9. The van der Waals surface area contributed by atoms with E-state index in [9.17, 15) is 5.26 Å². The number of aromatic amines is 1. The Morgan fingerprint density at radius 3 is 2.85 bits per heavy atom. The summed E-state index contributed by atoms with van der Waals surface area (Å²) < 4.78 is 4.28. The van der Waals surface area contributed by atoms with E-state index in [2.05, 4.69) is 35.4 Å². The number of nitrogens with zero attached hydrogens (tertiary/aromatic N) is 6. The molecule has 2 aromatic heterocycles. The molecule has 1 saturated heterocycles. The molecular formula is C12H15N7S. The van der Waals surface area contributed by atoms with E-state index in [4.69, 9.17) is 0 Å². The molecule has 0 saturated carbocycles. The maximum atomic E-state index is 9.20. The second kappa shape index (κ2) is 5.56. The number of hydrogen-bond donors (Lipinski definition) is 1. The number of rotatable bonds is 3. The third-order valence-electron chi connectivity index (χ3n) is 3.45. The molecule has 0 aromatic carbocycles. The Morgan fingerprint density at radius 2 is 2.20 bits per heavy atom. The quantitative estimate of drug-likeness (QED) is 0.898. The lowest BCUT2D eigenvalue weighted by atomic mass is 10.2. The predicted molar refractivity (Wildman–Crippen MR) is 75.4 cm³/mol. The Morgan fingerprint density at radius 1 is 1.40 bits per heavy atom. The maximum absolute atomic E-state index is 9.20. The van der Waals surface area contributed by atoms with Crippen LogP contribution in [-0.4, -0.2) is 50.6 Å². The molecule has 3 heterocycles. The zero-order chi connectivity index (χ0) is 13.9. The van der Waals surface area contributed by atoms with Gasteiger partial charge in [-0.25, -0.2) is 4.98 Å². The Bertz CT molecular complexity index is 604. The summed E-state index contributed by atoms with van der Waals surface area (Å²) in [5.74, 6) is 0.893. The summed E-state index contributed by atoms with van der Waals surface area (Å²) in [6, 6.07) is 2.26. The van der Waals surface area contributed by atoms with Gasteiger partial charge in [-0.1, -0.05) is 0 Å². The fourth-order valence-electron chi connectivity index (χ4n) is 2.33. The van der Waals surface area contributed by atoms with Crippen molar-refractivity contribution in [3.8, 4) is 6.07 Å². The SMILES string of the molecule is Cc1nsc(N2CCN(Cc3ncn[nH]3)CC2)c1C#N. The predicted octanol–water partition coefficient (Wildman–Crippen LogP) is 0.763. The van der Waals surface area contributed by atoms with Crippen LogP contribution in [0.25, 0.3) is 0 Å². The monoisotopic (exact) mass is 289 g/mol. The molecule has 0 aliphatic carbocycles. The van der Waals surface area contributed by atoms with E-state index < -0.39 is 0 Å². The fraction of sp³-hybridized carbons (Fsp3) is 0.500. The Kier molecular flexibility index (Phi) is 3.62. The van der Waals surface area contributed by atoms with Crippen LogP contribution in [0.3, 0.4) is 0 Å². The summed E-state index contributed by atoms with van der Waals surface area (Å²) >= 11 is 1.42. The highest BCUT2D eigenvalue weighted by Crippen LogP contribution is 2.28. The minimum atomic E-state index is 0.721. The maximum Gasteiger partial charge on any atom is 0.138 e.